The standard InChI is InChI=1S/C36H35N3O4/c1-36(2,3)43-35(42)39-23-9-12-28(24-39)31-13-7-8-14-32(31)34(41)38-30-21-17-26(18-22-30)25-15-19-29(20-16-25)37-33(40)27-10-5-4-6-11-27/h4-8,10-11,13-22,24H,9,12,23H2,1-3H3,(H,37,40)(H,38,41). The van der Waals surface area contributed by atoms with Gasteiger partial charge in [-0.15, -0.1) is 0 Å². The molecule has 1 aliphatic rings. The lowest BCUT2D eigenvalue weighted by Gasteiger charge is -2.29. The SMILES string of the molecule is CC(C)(C)OC(=O)N1C=C(c2ccccc2C(=O)Nc2ccc(-c3ccc(NC(=O)c4ccccc4)cc3)cc2)CCC1. The van der Waals surface area contributed by atoms with Gasteiger partial charge in [-0.25, -0.2) is 4.79 Å². The van der Waals surface area contributed by atoms with E-state index >= 15 is 0 Å². The molecule has 0 bridgehead atoms. The van der Waals surface area contributed by atoms with Crippen molar-refractivity contribution < 1.29 is 19.1 Å². The zero-order chi connectivity index (χ0) is 30.4. The largest absolute Gasteiger partial charge is 0.443 e. The number of hydrogen-bond acceptors (Lipinski definition) is 4. The van der Waals surface area contributed by atoms with Gasteiger partial charge in [0.25, 0.3) is 11.8 Å². The minimum atomic E-state index is -0.584. The zero-order valence-electron chi connectivity index (χ0n) is 24.6. The van der Waals surface area contributed by atoms with Gasteiger partial charge in [-0.2, -0.15) is 0 Å². The third-order valence-electron chi connectivity index (χ3n) is 6.96. The Labute approximate surface area is 252 Å². The van der Waals surface area contributed by atoms with Crippen LogP contribution >= 0.6 is 0 Å². The van der Waals surface area contributed by atoms with E-state index in [4.69, 9.17) is 4.74 Å². The average Bonchev–Trinajstić information content (AvgIpc) is 3.01. The highest BCUT2D eigenvalue weighted by atomic mass is 16.6. The van der Waals surface area contributed by atoms with E-state index in [-0.39, 0.29) is 11.8 Å². The summed E-state index contributed by atoms with van der Waals surface area (Å²) >= 11 is 0. The molecule has 43 heavy (non-hydrogen) atoms. The molecule has 0 aliphatic carbocycles. The van der Waals surface area contributed by atoms with E-state index in [1.54, 1.807) is 29.3 Å². The van der Waals surface area contributed by atoms with Gasteiger partial charge < -0.3 is 15.4 Å². The molecule has 2 N–H and O–H groups in total. The summed E-state index contributed by atoms with van der Waals surface area (Å²) in [7, 11) is 0. The van der Waals surface area contributed by atoms with Crippen LogP contribution in [-0.2, 0) is 4.74 Å². The molecule has 0 saturated carbocycles. The van der Waals surface area contributed by atoms with E-state index in [1.165, 1.54) is 0 Å². The Morgan fingerprint density at radius 3 is 1.86 bits per heavy atom. The van der Waals surface area contributed by atoms with Crippen LogP contribution in [0.5, 0.6) is 0 Å². The summed E-state index contributed by atoms with van der Waals surface area (Å²) in [5, 5.41) is 5.92. The van der Waals surface area contributed by atoms with Gasteiger partial charge in [0.1, 0.15) is 5.60 Å². The van der Waals surface area contributed by atoms with Crippen LogP contribution in [-0.4, -0.2) is 35.0 Å². The molecule has 3 amide bonds. The van der Waals surface area contributed by atoms with E-state index in [9.17, 15) is 14.4 Å². The molecule has 4 aromatic rings. The molecule has 7 heteroatoms. The van der Waals surface area contributed by atoms with Gasteiger partial charge in [0.15, 0.2) is 0 Å². The van der Waals surface area contributed by atoms with Crippen LogP contribution in [0.4, 0.5) is 16.2 Å². The molecule has 1 aliphatic heterocycles. The molecule has 0 saturated heterocycles. The second-order valence-electron chi connectivity index (χ2n) is 11.4. The summed E-state index contributed by atoms with van der Waals surface area (Å²) < 4.78 is 5.54. The third kappa shape index (κ3) is 7.57. The van der Waals surface area contributed by atoms with Crippen molar-refractivity contribution in [1.82, 2.24) is 4.90 Å². The number of hydrogen-bond donors (Lipinski definition) is 2. The first kappa shape index (κ1) is 29.3. The number of carbonyl (C=O) groups is 3. The Morgan fingerprint density at radius 1 is 0.698 bits per heavy atom. The number of nitrogens with one attached hydrogen (secondary N) is 2. The maximum atomic E-state index is 13.4. The van der Waals surface area contributed by atoms with Gasteiger partial charge in [-0.05, 0) is 98.3 Å². The Kier molecular flexibility index (Phi) is 8.71. The second kappa shape index (κ2) is 12.8. The topological polar surface area (TPSA) is 87.7 Å². The molecule has 218 valence electrons. The van der Waals surface area contributed by atoms with Gasteiger partial charge in [0.05, 0.1) is 0 Å². The first-order chi connectivity index (χ1) is 20.7. The summed E-state index contributed by atoms with van der Waals surface area (Å²) in [6, 6.07) is 31.8. The van der Waals surface area contributed by atoms with Crippen molar-refractivity contribution in [3.05, 3.63) is 126 Å². The maximum absolute atomic E-state index is 13.4. The number of benzene rings is 4. The first-order valence-corrected chi connectivity index (χ1v) is 14.3. The van der Waals surface area contributed by atoms with Crippen LogP contribution in [0.25, 0.3) is 16.7 Å². The zero-order valence-corrected chi connectivity index (χ0v) is 24.6. The number of rotatable bonds is 6. The summed E-state index contributed by atoms with van der Waals surface area (Å²) in [5.74, 6) is -0.382. The summed E-state index contributed by atoms with van der Waals surface area (Å²) in [6.45, 7) is 6.10. The van der Waals surface area contributed by atoms with Gasteiger partial charge in [-0.3, -0.25) is 14.5 Å². The molecule has 5 rings (SSSR count). The van der Waals surface area contributed by atoms with Gasteiger partial charge in [-0.1, -0.05) is 60.7 Å². The molecule has 0 spiro atoms. The molecule has 0 radical (unpaired) electrons. The van der Waals surface area contributed by atoms with Crippen molar-refractivity contribution in [2.24, 2.45) is 0 Å². The fraction of sp³-hybridized carbons (Fsp3) is 0.194. The highest BCUT2D eigenvalue weighted by molar-refractivity contribution is 6.07. The number of nitrogens with zero attached hydrogens (tertiary/aromatic N) is 1. The number of anilines is 2. The van der Waals surface area contributed by atoms with E-state index in [0.717, 1.165) is 35.1 Å². The predicted octanol–water partition coefficient (Wildman–Crippen LogP) is 8.23. The summed E-state index contributed by atoms with van der Waals surface area (Å²) in [4.78, 5) is 40.1. The molecular weight excluding hydrogens is 538 g/mol. The minimum absolute atomic E-state index is 0.157. The van der Waals surface area contributed by atoms with E-state index in [1.807, 2.05) is 106 Å². The molecule has 7 nitrogen and oxygen atoms in total. The van der Waals surface area contributed by atoms with E-state index in [0.29, 0.717) is 29.0 Å². The van der Waals surface area contributed by atoms with Gasteiger partial charge in [0, 0.05) is 35.2 Å². The molecular formula is C36H35N3O4. The fourth-order valence-corrected chi connectivity index (χ4v) is 4.87. The molecule has 0 unspecified atom stereocenters. The summed E-state index contributed by atoms with van der Waals surface area (Å²) in [5.41, 5.74) is 5.62. The van der Waals surface area contributed by atoms with Crippen molar-refractivity contribution >= 4 is 34.9 Å². The maximum Gasteiger partial charge on any atom is 0.414 e. The van der Waals surface area contributed by atoms with Crippen LogP contribution in [0, 0.1) is 0 Å². The summed E-state index contributed by atoms with van der Waals surface area (Å²) in [6.07, 6.45) is 2.95. The first-order valence-electron chi connectivity index (χ1n) is 14.3. The van der Waals surface area contributed by atoms with Crippen molar-refractivity contribution in [3.8, 4) is 11.1 Å². The Hall–Kier alpha value is -5.17. The van der Waals surface area contributed by atoms with Gasteiger partial charge in [0.2, 0.25) is 0 Å². The van der Waals surface area contributed by atoms with Crippen molar-refractivity contribution in [2.45, 2.75) is 39.2 Å². The second-order valence-corrected chi connectivity index (χ2v) is 11.4. The predicted molar refractivity (Wildman–Crippen MR) is 171 cm³/mol. The average molecular weight is 574 g/mol. The Balaban J connectivity index is 1.25. The normalized spacial score (nSPS) is 13.1. The number of amides is 3. The molecule has 4 aromatic carbocycles. The van der Waals surface area contributed by atoms with Gasteiger partial charge >= 0.3 is 6.09 Å². The van der Waals surface area contributed by atoms with Crippen LogP contribution < -0.4 is 10.6 Å². The highest BCUT2D eigenvalue weighted by Gasteiger charge is 2.25. The minimum Gasteiger partial charge on any atom is -0.443 e. The lowest BCUT2D eigenvalue weighted by Crippen LogP contribution is -2.35. The fourth-order valence-electron chi connectivity index (χ4n) is 4.87. The number of allylic oxidation sites excluding steroid dienone is 1. The molecule has 1 heterocycles. The van der Waals surface area contributed by atoms with Crippen molar-refractivity contribution in [3.63, 3.8) is 0 Å². The molecule has 0 atom stereocenters. The quantitative estimate of drug-likeness (QED) is 0.243. The van der Waals surface area contributed by atoms with Crippen LogP contribution in [0.15, 0.2) is 109 Å². The van der Waals surface area contributed by atoms with Crippen molar-refractivity contribution in [2.75, 3.05) is 17.2 Å². The van der Waals surface area contributed by atoms with Crippen LogP contribution in [0.2, 0.25) is 0 Å². The Bertz CT molecular complexity index is 1640. The highest BCUT2D eigenvalue weighted by Crippen LogP contribution is 2.29. The van der Waals surface area contributed by atoms with Crippen molar-refractivity contribution in [1.29, 1.82) is 0 Å². The molecule has 0 aromatic heterocycles. The van der Waals surface area contributed by atoms with Crippen LogP contribution in [0.3, 0.4) is 0 Å². The Morgan fingerprint density at radius 2 is 1.26 bits per heavy atom. The molecule has 0 fully saturated rings. The van der Waals surface area contributed by atoms with E-state index in [2.05, 4.69) is 10.6 Å². The number of ether oxygens (including phenoxy) is 1. The lowest BCUT2D eigenvalue weighted by atomic mass is 9.94. The monoisotopic (exact) mass is 573 g/mol. The van der Waals surface area contributed by atoms with E-state index < -0.39 is 11.7 Å². The lowest BCUT2D eigenvalue weighted by molar-refractivity contribution is 0.0329. The smallest absolute Gasteiger partial charge is 0.414 e. The van der Waals surface area contributed by atoms with Crippen LogP contribution in [0.1, 0.15) is 59.9 Å². The number of carbonyl (C=O) groups excluding carboxylic acids is 3. The third-order valence-corrected chi connectivity index (χ3v) is 6.96.